The first-order chi connectivity index (χ1) is 12.1. The van der Waals surface area contributed by atoms with Crippen LogP contribution in [0.1, 0.15) is 31.4 Å². The lowest BCUT2D eigenvalue weighted by atomic mass is 10.1. The van der Waals surface area contributed by atoms with Crippen LogP contribution in [-0.4, -0.2) is 47.4 Å². The van der Waals surface area contributed by atoms with Crippen molar-refractivity contribution in [2.45, 2.75) is 39.7 Å². The topological polar surface area (TPSA) is 105 Å². The summed E-state index contributed by atoms with van der Waals surface area (Å²) in [5.41, 5.74) is 1.66. The van der Waals surface area contributed by atoms with Gasteiger partial charge in [0.25, 0.3) is 11.8 Å². The second-order valence-electron chi connectivity index (χ2n) is 6.79. The number of urea groups is 1. The molecule has 0 unspecified atom stereocenters. The molecule has 1 aliphatic heterocycles. The number of rotatable bonds is 6. The number of nitrogens with one attached hydrogen (secondary N) is 2. The Bertz CT molecular complexity index is 757. The third kappa shape index (κ3) is 4.59. The molecule has 2 rings (SSSR count). The lowest BCUT2D eigenvalue weighted by Crippen LogP contribution is -2.40. The number of amides is 4. The van der Waals surface area contributed by atoms with Gasteiger partial charge in [-0.15, -0.1) is 0 Å². The van der Waals surface area contributed by atoms with Crippen molar-refractivity contribution in [1.82, 2.24) is 10.2 Å². The molecule has 0 saturated carbocycles. The standard InChI is InChI=1S/C18H23N3O5/c1-11-5-6-13(12(2)9-11)19-14(22)10-26-15(23)7-8-21-16(24)18(3,4)20-17(21)25/h5-6,9H,7-8,10H2,1-4H3,(H,19,22)(H,20,25). The Morgan fingerprint density at radius 1 is 1.23 bits per heavy atom. The average Bonchev–Trinajstić information content (AvgIpc) is 2.74. The van der Waals surface area contributed by atoms with Crippen LogP contribution < -0.4 is 10.6 Å². The van der Waals surface area contributed by atoms with Crippen LogP contribution in [0.2, 0.25) is 0 Å². The number of carbonyl (C=O) groups is 4. The molecule has 1 aliphatic rings. The molecule has 0 bridgehead atoms. The molecular formula is C18H23N3O5. The summed E-state index contributed by atoms with van der Waals surface area (Å²) in [6.07, 6.45) is -0.175. The maximum absolute atomic E-state index is 12.0. The first-order valence-electron chi connectivity index (χ1n) is 8.27. The molecule has 0 aliphatic carbocycles. The zero-order valence-electron chi connectivity index (χ0n) is 15.3. The highest BCUT2D eigenvalue weighted by Gasteiger charge is 2.44. The number of hydrogen-bond acceptors (Lipinski definition) is 5. The van der Waals surface area contributed by atoms with E-state index in [0.29, 0.717) is 5.69 Å². The summed E-state index contributed by atoms with van der Waals surface area (Å²) < 4.78 is 4.90. The highest BCUT2D eigenvalue weighted by Crippen LogP contribution is 2.17. The Balaban J connectivity index is 1.77. The van der Waals surface area contributed by atoms with Gasteiger partial charge in [-0.2, -0.15) is 0 Å². The van der Waals surface area contributed by atoms with Crippen molar-refractivity contribution in [2.24, 2.45) is 0 Å². The van der Waals surface area contributed by atoms with Gasteiger partial charge in [-0.3, -0.25) is 19.3 Å². The number of carbonyl (C=O) groups excluding carboxylic acids is 4. The molecule has 0 atom stereocenters. The van der Waals surface area contributed by atoms with E-state index in [2.05, 4.69) is 10.6 Å². The van der Waals surface area contributed by atoms with Gasteiger partial charge >= 0.3 is 12.0 Å². The molecule has 0 radical (unpaired) electrons. The van der Waals surface area contributed by atoms with Crippen molar-refractivity contribution in [3.8, 4) is 0 Å². The fourth-order valence-electron chi connectivity index (χ4n) is 2.58. The van der Waals surface area contributed by atoms with Gasteiger partial charge in [0.15, 0.2) is 6.61 Å². The van der Waals surface area contributed by atoms with Crippen molar-refractivity contribution >= 4 is 29.5 Å². The van der Waals surface area contributed by atoms with Gasteiger partial charge in [-0.05, 0) is 39.3 Å². The van der Waals surface area contributed by atoms with Crippen molar-refractivity contribution in [3.05, 3.63) is 29.3 Å². The second-order valence-corrected chi connectivity index (χ2v) is 6.79. The van der Waals surface area contributed by atoms with E-state index in [0.717, 1.165) is 16.0 Å². The normalized spacial score (nSPS) is 15.6. The largest absolute Gasteiger partial charge is 0.456 e. The number of benzene rings is 1. The number of esters is 1. The quantitative estimate of drug-likeness (QED) is 0.590. The predicted octanol–water partition coefficient (Wildman–Crippen LogP) is 1.51. The number of anilines is 1. The lowest BCUT2D eigenvalue weighted by Gasteiger charge is -2.15. The SMILES string of the molecule is Cc1ccc(NC(=O)COC(=O)CCN2C(=O)NC(C)(C)C2=O)c(C)c1. The molecule has 2 N–H and O–H groups in total. The summed E-state index contributed by atoms with van der Waals surface area (Å²) in [6.45, 7) is 6.47. The number of aryl methyl sites for hydroxylation is 2. The maximum atomic E-state index is 12.0. The van der Waals surface area contributed by atoms with Crippen LogP contribution >= 0.6 is 0 Å². The molecule has 26 heavy (non-hydrogen) atoms. The minimum Gasteiger partial charge on any atom is -0.456 e. The minimum atomic E-state index is -0.979. The van der Waals surface area contributed by atoms with Crippen molar-refractivity contribution in [2.75, 3.05) is 18.5 Å². The number of ether oxygens (including phenoxy) is 1. The summed E-state index contributed by atoms with van der Waals surface area (Å²) in [5.74, 6) is -1.52. The van der Waals surface area contributed by atoms with Gasteiger partial charge in [0.2, 0.25) is 0 Å². The van der Waals surface area contributed by atoms with Crippen LogP contribution in [0.5, 0.6) is 0 Å². The van der Waals surface area contributed by atoms with Crippen molar-refractivity contribution in [1.29, 1.82) is 0 Å². The molecule has 0 spiro atoms. The summed E-state index contributed by atoms with van der Waals surface area (Å²) in [4.78, 5) is 48.3. The molecule has 8 heteroatoms. The third-order valence-corrected chi connectivity index (χ3v) is 4.00. The zero-order valence-corrected chi connectivity index (χ0v) is 15.3. The predicted molar refractivity (Wildman–Crippen MR) is 94.4 cm³/mol. The van der Waals surface area contributed by atoms with Crippen molar-refractivity contribution < 1.29 is 23.9 Å². The minimum absolute atomic E-state index is 0.0916. The first kappa shape index (κ1) is 19.4. The Morgan fingerprint density at radius 2 is 1.92 bits per heavy atom. The van der Waals surface area contributed by atoms with Gasteiger partial charge in [0.1, 0.15) is 5.54 Å². The molecule has 1 heterocycles. The Kier molecular flexibility index (Phi) is 5.64. The molecular weight excluding hydrogens is 338 g/mol. The number of hydrogen-bond donors (Lipinski definition) is 2. The molecule has 1 saturated heterocycles. The van der Waals surface area contributed by atoms with E-state index in [1.807, 2.05) is 26.0 Å². The van der Waals surface area contributed by atoms with Crippen molar-refractivity contribution in [3.63, 3.8) is 0 Å². The van der Waals surface area contributed by atoms with E-state index < -0.39 is 36.0 Å². The Morgan fingerprint density at radius 3 is 2.50 bits per heavy atom. The van der Waals surface area contributed by atoms with E-state index in [9.17, 15) is 19.2 Å². The lowest BCUT2D eigenvalue weighted by molar-refractivity contribution is -0.147. The third-order valence-electron chi connectivity index (χ3n) is 4.00. The summed E-state index contributed by atoms with van der Waals surface area (Å²) in [7, 11) is 0. The van der Waals surface area contributed by atoms with Crippen LogP contribution in [0.3, 0.4) is 0 Å². The average molecular weight is 361 g/mol. The van der Waals surface area contributed by atoms with Crippen LogP contribution in [0.25, 0.3) is 0 Å². The summed E-state index contributed by atoms with van der Waals surface area (Å²) in [6, 6.07) is 5.04. The Hall–Kier alpha value is -2.90. The maximum Gasteiger partial charge on any atom is 0.325 e. The fraction of sp³-hybridized carbons (Fsp3) is 0.444. The fourth-order valence-corrected chi connectivity index (χ4v) is 2.58. The Labute approximate surface area is 151 Å². The van der Waals surface area contributed by atoms with E-state index in [4.69, 9.17) is 4.74 Å². The smallest absolute Gasteiger partial charge is 0.325 e. The number of nitrogens with zero attached hydrogens (tertiary/aromatic N) is 1. The van der Waals surface area contributed by atoms with Gasteiger partial charge in [0, 0.05) is 12.2 Å². The first-order valence-corrected chi connectivity index (χ1v) is 8.27. The molecule has 4 amide bonds. The highest BCUT2D eigenvalue weighted by atomic mass is 16.5. The van der Waals surface area contributed by atoms with Crippen LogP contribution in [-0.2, 0) is 19.1 Å². The van der Waals surface area contributed by atoms with Gasteiger partial charge in [0.05, 0.1) is 6.42 Å². The van der Waals surface area contributed by atoms with E-state index in [-0.39, 0.29) is 13.0 Å². The summed E-state index contributed by atoms with van der Waals surface area (Å²) >= 11 is 0. The van der Waals surface area contributed by atoms with E-state index in [1.54, 1.807) is 19.9 Å². The van der Waals surface area contributed by atoms with Crippen LogP contribution in [0, 0.1) is 13.8 Å². The molecule has 1 fully saturated rings. The monoisotopic (exact) mass is 361 g/mol. The molecule has 140 valence electrons. The van der Waals surface area contributed by atoms with E-state index >= 15 is 0 Å². The highest BCUT2D eigenvalue weighted by molar-refractivity contribution is 6.06. The van der Waals surface area contributed by atoms with E-state index in [1.165, 1.54) is 0 Å². The van der Waals surface area contributed by atoms with Gasteiger partial charge in [-0.1, -0.05) is 17.7 Å². The van der Waals surface area contributed by atoms with Crippen LogP contribution in [0.15, 0.2) is 18.2 Å². The van der Waals surface area contributed by atoms with Gasteiger partial charge < -0.3 is 15.4 Å². The molecule has 8 nitrogen and oxygen atoms in total. The summed E-state index contributed by atoms with van der Waals surface area (Å²) in [5, 5.41) is 5.19. The second kappa shape index (κ2) is 7.55. The number of imide groups is 1. The molecule has 1 aromatic rings. The molecule has 0 aromatic heterocycles. The van der Waals surface area contributed by atoms with Gasteiger partial charge in [-0.25, -0.2) is 4.79 Å². The van der Waals surface area contributed by atoms with Crippen LogP contribution in [0.4, 0.5) is 10.5 Å². The molecule has 1 aromatic carbocycles. The zero-order chi connectivity index (χ0) is 19.5.